The summed E-state index contributed by atoms with van der Waals surface area (Å²) in [6.07, 6.45) is 0. The van der Waals surface area contributed by atoms with Crippen molar-refractivity contribution < 1.29 is 9.84 Å². The van der Waals surface area contributed by atoms with Crippen molar-refractivity contribution in [3.63, 3.8) is 0 Å². The first-order valence-electron chi connectivity index (χ1n) is 2.99. The van der Waals surface area contributed by atoms with Crippen molar-refractivity contribution in [2.45, 2.75) is 0 Å². The second kappa shape index (κ2) is 6.73. The molecule has 0 aromatic carbocycles. The third kappa shape index (κ3) is 7.61. The Kier molecular flexibility index (Phi) is 6.46. The molecule has 0 bridgehead atoms. The Morgan fingerprint density at radius 2 is 2.30 bits per heavy atom. The molecule has 0 aromatic rings. The van der Waals surface area contributed by atoms with Crippen molar-refractivity contribution in [3.8, 4) is 0 Å². The van der Waals surface area contributed by atoms with Crippen LogP contribution in [0.3, 0.4) is 0 Å². The summed E-state index contributed by atoms with van der Waals surface area (Å²) in [7, 11) is 0. The maximum absolute atomic E-state index is 8.28. The maximum atomic E-state index is 8.28. The van der Waals surface area contributed by atoms with Gasteiger partial charge in [-0.25, -0.2) is 0 Å². The zero-order valence-electron chi connectivity index (χ0n) is 5.67. The van der Waals surface area contributed by atoms with Gasteiger partial charge in [-0.05, 0) is 12.2 Å². The number of hydrogen-bond acceptors (Lipinski definition) is 3. The van der Waals surface area contributed by atoms with Crippen LogP contribution in [0.5, 0.6) is 0 Å². The van der Waals surface area contributed by atoms with Crippen molar-refractivity contribution in [2.75, 3.05) is 26.4 Å². The maximum Gasteiger partial charge on any atom is 0.163 e. The molecule has 60 valence electrons. The van der Waals surface area contributed by atoms with E-state index in [0.29, 0.717) is 19.8 Å². The number of aliphatic hydroxyl groups excluding tert-OH is 1. The fourth-order valence-corrected chi connectivity index (χ4v) is 0.515. The zero-order chi connectivity index (χ0) is 7.82. The van der Waals surface area contributed by atoms with Gasteiger partial charge in [0, 0.05) is 6.54 Å². The number of aliphatic hydroxyl groups is 1. The normalized spacial score (nSPS) is 9.30. The van der Waals surface area contributed by atoms with E-state index in [2.05, 4.69) is 17.5 Å². The van der Waals surface area contributed by atoms with Crippen LogP contribution in [0.4, 0.5) is 0 Å². The number of hydrogen-bond donors (Lipinski definition) is 3. The summed E-state index contributed by atoms with van der Waals surface area (Å²) in [5.74, 6) is 0. The lowest BCUT2D eigenvalue weighted by Gasteiger charge is -2.02. The molecule has 0 atom stereocenters. The highest BCUT2D eigenvalue weighted by atomic mass is 32.1. The molecule has 0 rings (SSSR count). The van der Waals surface area contributed by atoms with Crippen LogP contribution in [0.15, 0.2) is 0 Å². The number of nitrogens with one attached hydrogen (secondary N) is 1. The van der Waals surface area contributed by atoms with Crippen LogP contribution in [0, 0.1) is 0 Å². The van der Waals surface area contributed by atoms with Gasteiger partial charge in [0.15, 0.2) is 5.11 Å². The van der Waals surface area contributed by atoms with Gasteiger partial charge in [0.1, 0.15) is 0 Å². The van der Waals surface area contributed by atoms with Crippen LogP contribution in [-0.4, -0.2) is 36.6 Å². The largest absolute Gasteiger partial charge is 0.394 e. The Labute approximate surface area is 65.4 Å². The van der Waals surface area contributed by atoms with E-state index >= 15 is 0 Å². The van der Waals surface area contributed by atoms with Gasteiger partial charge >= 0.3 is 0 Å². The lowest BCUT2D eigenvalue weighted by atomic mass is 10.7. The molecule has 4 N–H and O–H groups in total. The second-order valence-electron chi connectivity index (χ2n) is 1.63. The molecule has 0 aliphatic carbocycles. The highest BCUT2D eigenvalue weighted by Crippen LogP contribution is 1.70. The predicted molar refractivity (Wildman–Crippen MR) is 42.7 cm³/mol. The molecule has 10 heavy (non-hydrogen) atoms. The topological polar surface area (TPSA) is 67.5 Å². The minimum Gasteiger partial charge on any atom is -0.394 e. The summed E-state index contributed by atoms with van der Waals surface area (Å²) in [5.41, 5.74) is 5.12. The monoisotopic (exact) mass is 164 g/mol. The van der Waals surface area contributed by atoms with Crippen molar-refractivity contribution in [3.05, 3.63) is 0 Å². The van der Waals surface area contributed by atoms with E-state index in [4.69, 9.17) is 15.6 Å². The molecule has 0 fully saturated rings. The minimum absolute atomic E-state index is 0.0487. The summed E-state index contributed by atoms with van der Waals surface area (Å²) < 4.78 is 4.91. The van der Waals surface area contributed by atoms with Crippen molar-refractivity contribution in [1.29, 1.82) is 0 Å². The van der Waals surface area contributed by atoms with Gasteiger partial charge in [-0.2, -0.15) is 0 Å². The summed E-state index contributed by atoms with van der Waals surface area (Å²) >= 11 is 4.54. The van der Waals surface area contributed by atoms with Crippen LogP contribution in [0.25, 0.3) is 0 Å². The van der Waals surface area contributed by atoms with Gasteiger partial charge < -0.3 is 20.9 Å². The highest BCUT2D eigenvalue weighted by Gasteiger charge is 1.86. The quantitative estimate of drug-likeness (QED) is 0.353. The van der Waals surface area contributed by atoms with Crippen LogP contribution in [-0.2, 0) is 4.74 Å². The van der Waals surface area contributed by atoms with Crippen LogP contribution in [0.1, 0.15) is 0 Å². The summed E-state index contributed by atoms with van der Waals surface area (Å²) in [6, 6.07) is 0. The van der Waals surface area contributed by atoms with Crippen LogP contribution in [0.2, 0.25) is 0 Å². The van der Waals surface area contributed by atoms with Crippen molar-refractivity contribution >= 4 is 17.3 Å². The lowest BCUT2D eigenvalue weighted by Crippen LogP contribution is -2.32. The Bertz CT molecular complexity index is 99.6. The van der Waals surface area contributed by atoms with Gasteiger partial charge in [0.05, 0.1) is 19.8 Å². The molecular weight excluding hydrogens is 152 g/mol. The molecular formula is C5H12N2O2S. The van der Waals surface area contributed by atoms with E-state index in [1.165, 1.54) is 0 Å². The molecule has 0 unspecified atom stereocenters. The van der Waals surface area contributed by atoms with Crippen molar-refractivity contribution in [2.24, 2.45) is 5.73 Å². The highest BCUT2D eigenvalue weighted by molar-refractivity contribution is 7.80. The SMILES string of the molecule is NC(=S)NCCOCCO. The Balaban J connectivity index is 2.84. The molecule has 5 heteroatoms. The lowest BCUT2D eigenvalue weighted by molar-refractivity contribution is 0.0959. The van der Waals surface area contributed by atoms with E-state index < -0.39 is 0 Å². The molecule has 0 saturated heterocycles. The third-order valence-corrected chi connectivity index (χ3v) is 0.926. The summed E-state index contributed by atoms with van der Waals surface area (Å²) in [5, 5.41) is 11.3. The van der Waals surface area contributed by atoms with E-state index in [0.717, 1.165) is 0 Å². The summed E-state index contributed by atoms with van der Waals surface area (Å²) in [6.45, 7) is 1.51. The van der Waals surface area contributed by atoms with Gasteiger partial charge in [-0.1, -0.05) is 0 Å². The zero-order valence-corrected chi connectivity index (χ0v) is 6.49. The predicted octanol–water partition coefficient (Wildman–Crippen LogP) is -1.17. The van der Waals surface area contributed by atoms with Gasteiger partial charge in [-0.3, -0.25) is 0 Å². The number of rotatable bonds is 5. The molecule has 0 heterocycles. The molecule has 0 radical (unpaired) electrons. The molecule has 0 aliphatic rings. The van der Waals surface area contributed by atoms with E-state index in [9.17, 15) is 0 Å². The molecule has 0 saturated carbocycles. The van der Waals surface area contributed by atoms with Crippen LogP contribution < -0.4 is 11.1 Å². The third-order valence-electron chi connectivity index (χ3n) is 0.781. The average Bonchev–Trinajstić information content (AvgIpc) is 1.87. The Morgan fingerprint density at radius 3 is 2.80 bits per heavy atom. The number of nitrogens with two attached hydrogens (primary N) is 1. The van der Waals surface area contributed by atoms with E-state index in [1.807, 2.05) is 0 Å². The summed E-state index contributed by atoms with van der Waals surface area (Å²) in [4.78, 5) is 0. The fourth-order valence-electron chi connectivity index (χ4n) is 0.413. The Hall–Kier alpha value is -0.390. The molecule has 4 nitrogen and oxygen atoms in total. The van der Waals surface area contributed by atoms with Gasteiger partial charge in [-0.15, -0.1) is 0 Å². The van der Waals surface area contributed by atoms with Crippen LogP contribution >= 0.6 is 12.2 Å². The van der Waals surface area contributed by atoms with Gasteiger partial charge in [0.25, 0.3) is 0 Å². The second-order valence-corrected chi connectivity index (χ2v) is 2.07. The van der Waals surface area contributed by atoms with E-state index in [-0.39, 0.29) is 11.7 Å². The molecule has 0 amide bonds. The smallest absolute Gasteiger partial charge is 0.163 e. The molecule has 0 aliphatic heterocycles. The fraction of sp³-hybridized carbons (Fsp3) is 0.800. The number of ether oxygens (including phenoxy) is 1. The number of thiocarbonyl (C=S) groups is 1. The Morgan fingerprint density at radius 1 is 1.60 bits per heavy atom. The molecule has 0 spiro atoms. The minimum atomic E-state index is 0.0487. The first kappa shape index (κ1) is 9.61. The van der Waals surface area contributed by atoms with Gasteiger partial charge in [0.2, 0.25) is 0 Å². The first-order valence-corrected chi connectivity index (χ1v) is 3.40. The first-order chi connectivity index (χ1) is 4.77. The average molecular weight is 164 g/mol. The van der Waals surface area contributed by atoms with E-state index in [1.54, 1.807) is 0 Å². The standard InChI is InChI=1S/C5H12N2O2S/c6-5(10)7-1-3-9-4-2-8/h8H,1-4H2,(H3,6,7,10). The van der Waals surface area contributed by atoms with Crippen molar-refractivity contribution in [1.82, 2.24) is 5.32 Å². The molecule has 0 aromatic heterocycles.